The third kappa shape index (κ3) is 4.49. The number of rotatable bonds is 7. The highest BCUT2D eigenvalue weighted by Gasteiger charge is 2.33. The van der Waals surface area contributed by atoms with Crippen LogP contribution in [-0.4, -0.2) is 19.7 Å². The van der Waals surface area contributed by atoms with Crippen LogP contribution in [0, 0.1) is 5.41 Å². The smallest absolute Gasteiger partial charge is 0.119 e. The van der Waals surface area contributed by atoms with Crippen molar-refractivity contribution in [2.45, 2.75) is 65.7 Å². The predicted octanol–water partition coefficient (Wildman–Crippen LogP) is 6.71. The Kier molecular flexibility index (Phi) is 6.06. The van der Waals surface area contributed by atoms with Gasteiger partial charge in [0.1, 0.15) is 5.75 Å². The molecule has 0 amide bonds. The lowest BCUT2D eigenvalue weighted by molar-refractivity contribution is 0.193. The number of aryl methyl sites for hydroxylation is 1. The monoisotopic (exact) mass is 403 g/mol. The first-order valence-electron chi connectivity index (χ1n) is 11.6. The lowest BCUT2D eigenvalue weighted by atomic mass is 9.74. The molecule has 0 radical (unpaired) electrons. The van der Waals surface area contributed by atoms with Gasteiger partial charge in [0, 0.05) is 19.0 Å². The Hall–Kier alpha value is -2.06. The molecule has 1 heterocycles. The maximum atomic E-state index is 6.21. The normalized spacial score (nSPS) is 18.7. The second-order valence-corrected chi connectivity index (χ2v) is 10.2. The van der Waals surface area contributed by atoms with Gasteiger partial charge >= 0.3 is 0 Å². The highest BCUT2D eigenvalue weighted by atomic mass is 16.5. The first-order valence-corrected chi connectivity index (χ1v) is 11.6. The topological polar surface area (TPSA) is 21.3 Å². The molecule has 0 spiro atoms. The van der Waals surface area contributed by atoms with Gasteiger partial charge in [0.05, 0.1) is 6.61 Å². The molecule has 160 valence electrons. The number of nitrogens with one attached hydrogen (secondary N) is 1. The summed E-state index contributed by atoms with van der Waals surface area (Å²) in [5, 5.41) is 3.44. The van der Waals surface area contributed by atoms with Crippen LogP contribution in [0.15, 0.2) is 48.0 Å². The lowest BCUT2D eigenvalue weighted by Gasteiger charge is -2.41. The Morgan fingerprint density at radius 2 is 1.67 bits per heavy atom. The van der Waals surface area contributed by atoms with E-state index in [1.165, 1.54) is 40.7 Å². The summed E-state index contributed by atoms with van der Waals surface area (Å²) in [5.74, 6) is 1.96. The van der Waals surface area contributed by atoms with Gasteiger partial charge in [-0.25, -0.2) is 0 Å². The summed E-state index contributed by atoms with van der Waals surface area (Å²) in [6.45, 7) is 14.5. The molecule has 2 nitrogen and oxygen atoms in total. The number of benzene rings is 2. The highest BCUT2D eigenvalue weighted by Crippen LogP contribution is 2.40. The van der Waals surface area contributed by atoms with Crippen LogP contribution in [0.5, 0.6) is 5.75 Å². The second kappa shape index (κ2) is 8.59. The van der Waals surface area contributed by atoms with Crippen LogP contribution in [0.1, 0.15) is 81.5 Å². The first kappa shape index (κ1) is 21.2. The van der Waals surface area contributed by atoms with Crippen LogP contribution in [0.3, 0.4) is 0 Å². The molecule has 0 saturated carbocycles. The average Bonchev–Trinajstić information content (AvgIpc) is 2.73. The molecule has 0 aromatic heterocycles. The van der Waals surface area contributed by atoms with Crippen molar-refractivity contribution in [3.05, 3.63) is 70.3 Å². The van der Waals surface area contributed by atoms with Crippen molar-refractivity contribution in [3.63, 3.8) is 0 Å². The second-order valence-electron chi connectivity index (χ2n) is 10.2. The summed E-state index contributed by atoms with van der Waals surface area (Å²) in [7, 11) is 0. The average molecular weight is 404 g/mol. The highest BCUT2D eigenvalue weighted by molar-refractivity contribution is 5.72. The van der Waals surface area contributed by atoms with E-state index in [0.717, 1.165) is 25.3 Å². The van der Waals surface area contributed by atoms with E-state index < -0.39 is 0 Å². The zero-order valence-electron chi connectivity index (χ0n) is 19.3. The van der Waals surface area contributed by atoms with E-state index in [1.54, 1.807) is 5.57 Å². The van der Waals surface area contributed by atoms with E-state index in [2.05, 4.69) is 82.4 Å². The number of fused-ring (bicyclic) bond motifs is 1. The number of allylic oxidation sites excluding steroid dienone is 2. The van der Waals surface area contributed by atoms with E-state index in [0.29, 0.717) is 23.9 Å². The molecule has 2 aliphatic rings. The summed E-state index contributed by atoms with van der Waals surface area (Å²) < 4.78 is 6.21. The minimum Gasteiger partial charge on any atom is -0.493 e. The van der Waals surface area contributed by atoms with Gasteiger partial charge in [-0.1, -0.05) is 63.6 Å². The lowest BCUT2D eigenvalue weighted by Crippen LogP contribution is -2.51. The molecular weight excluding hydrogens is 366 g/mol. The molecule has 2 aromatic carbocycles. The van der Waals surface area contributed by atoms with Crippen LogP contribution in [0.2, 0.25) is 0 Å². The molecule has 1 fully saturated rings. The first-order chi connectivity index (χ1) is 14.3. The van der Waals surface area contributed by atoms with Crippen molar-refractivity contribution in [3.8, 4) is 5.75 Å². The fraction of sp³-hybridized carbons (Fsp3) is 0.500. The van der Waals surface area contributed by atoms with Crippen molar-refractivity contribution in [1.82, 2.24) is 5.32 Å². The quantitative estimate of drug-likeness (QED) is 0.554. The van der Waals surface area contributed by atoms with Crippen LogP contribution in [0.25, 0.3) is 5.57 Å². The van der Waals surface area contributed by atoms with Crippen LogP contribution in [-0.2, 0) is 6.42 Å². The van der Waals surface area contributed by atoms with Gasteiger partial charge in [-0.2, -0.15) is 0 Å². The van der Waals surface area contributed by atoms with E-state index in [4.69, 9.17) is 4.74 Å². The maximum absolute atomic E-state index is 6.21. The fourth-order valence-electron chi connectivity index (χ4n) is 4.84. The van der Waals surface area contributed by atoms with Gasteiger partial charge in [-0.05, 0) is 77.5 Å². The molecule has 1 N–H and O–H groups in total. The molecule has 30 heavy (non-hydrogen) atoms. The molecule has 1 atom stereocenters. The molecule has 1 unspecified atom stereocenters. The Labute approximate surface area is 182 Å². The van der Waals surface area contributed by atoms with E-state index in [1.807, 2.05) is 0 Å². The molecule has 4 rings (SSSR count). The van der Waals surface area contributed by atoms with Crippen molar-refractivity contribution >= 4 is 5.57 Å². The van der Waals surface area contributed by atoms with Gasteiger partial charge in [-0.3, -0.25) is 0 Å². The van der Waals surface area contributed by atoms with Crippen LogP contribution in [0.4, 0.5) is 0 Å². The van der Waals surface area contributed by atoms with Gasteiger partial charge in [-0.15, -0.1) is 0 Å². The predicted molar refractivity (Wildman–Crippen MR) is 127 cm³/mol. The largest absolute Gasteiger partial charge is 0.493 e. The summed E-state index contributed by atoms with van der Waals surface area (Å²) in [6.07, 6.45) is 3.56. The SMILES string of the molecule is CC1=C(CC2(C)CNC2)CCc2cc(OCC(C)c3ccc(C(C)C)cc3)ccc21. The molecular formula is C28H37NO. The summed E-state index contributed by atoms with van der Waals surface area (Å²) >= 11 is 0. The fourth-order valence-corrected chi connectivity index (χ4v) is 4.84. The van der Waals surface area contributed by atoms with E-state index in [9.17, 15) is 0 Å². The standard InChI is InChI=1S/C28H37NO/c1-19(2)22-6-8-23(9-7-22)20(3)16-30-26-12-13-27-21(4)25(11-10-24(27)14-26)15-28(5)17-29-18-28/h6-9,12-14,19-20,29H,10-11,15-18H2,1-5H3. The third-order valence-corrected chi connectivity index (χ3v) is 7.12. The molecule has 1 aliphatic carbocycles. The minimum atomic E-state index is 0.382. The summed E-state index contributed by atoms with van der Waals surface area (Å²) in [6, 6.07) is 15.7. The van der Waals surface area contributed by atoms with E-state index in [-0.39, 0.29) is 0 Å². The molecule has 2 aromatic rings. The van der Waals surface area contributed by atoms with Gasteiger partial charge < -0.3 is 10.1 Å². The molecule has 1 saturated heterocycles. The Bertz CT molecular complexity index is 918. The van der Waals surface area contributed by atoms with Gasteiger partial charge in [0.15, 0.2) is 0 Å². The zero-order valence-corrected chi connectivity index (χ0v) is 19.3. The molecule has 1 aliphatic heterocycles. The van der Waals surface area contributed by atoms with Gasteiger partial charge in [0.2, 0.25) is 0 Å². The van der Waals surface area contributed by atoms with Crippen LogP contribution >= 0.6 is 0 Å². The zero-order chi connectivity index (χ0) is 21.3. The molecule has 2 heteroatoms. The number of ether oxygens (including phenoxy) is 1. The van der Waals surface area contributed by atoms with Crippen molar-refractivity contribution in [2.24, 2.45) is 5.41 Å². The van der Waals surface area contributed by atoms with E-state index >= 15 is 0 Å². The third-order valence-electron chi connectivity index (χ3n) is 7.12. The number of hydrogen-bond acceptors (Lipinski definition) is 2. The molecule has 0 bridgehead atoms. The minimum absolute atomic E-state index is 0.382. The maximum Gasteiger partial charge on any atom is 0.119 e. The Balaban J connectivity index is 1.40. The Morgan fingerprint density at radius 3 is 2.30 bits per heavy atom. The van der Waals surface area contributed by atoms with Crippen LogP contribution < -0.4 is 10.1 Å². The summed E-state index contributed by atoms with van der Waals surface area (Å²) in [5.41, 5.74) is 9.22. The van der Waals surface area contributed by atoms with Crippen molar-refractivity contribution in [1.29, 1.82) is 0 Å². The van der Waals surface area contributed by atoms with Gasteiger partial charge in [0.25, 0.3) is 0 Å². The van der Waals surface area contributed by atoms with Crippen molar-refractivity contribution in [2.75, 3.05) is 19.7 Å². The Morgan fingerprint density at radius 1 is 0.967 bits per heavy atom. The number of hydrogen-bond donors (Lipinski definition) is 1. The van der Waals surface area contributed by atoms with Crippen molar-refractivity contribution < 1.29 is 4.74 Å². The summed E-state index contributed by atoms with van der Waals surface area (Å²) in [4.78, 5) is 0.